The second-order valence-electron chi connectivity index (χ2n) is 4.41. The van der Waals surface area contributed by atoms with E-state index in [4.69, 9.17) is 9.63 Å². The summed E-state index contributed by atoms with van der Waals surface area (Å²) >= 11 is 0. The number of hydrogen-bond acceptors (Lipinski definition) is 5. The van der Waals surface area contributed by atoms with Crippen molar-refractivity contribution in [1.29, 1.82) is 0 Å². The van der Waals surface area contributed by atoms with E-state index in [0.717, 1.165) is 32.4 Å². The predicted octanol–water partition coefficient (Wildman–Crippen LogP) is 1.09. The predicted molar refractivity (Wildman–Crippen MR) is 57.8 cm³/mol. The zero-order valence-electron chi connectivity index (χ0n) is 9.37. The van der Waals surface area contributed by atoms with Gasteiger partial charge in [-0.1, -0.05) is 0 Å². The maximum atomic E-state index is 11.0. The zero-order chi connectivity index (χ0) is 11.8. The number of carbonyl (C=O) groups is 1. The Balaban J connectivity index is 1.78. The van der Waals surface area contributed by atoms with Crippen molar-refractivity contribution in [2.24, 2.45) is 0 Å². The summed E-state index contributed by atoms with van der Waals surface area (Å²) in [5, 5.41) is 12.9. The van der Waals surface area contributed by atoms with Crippen molar-refractivity contribution in [1.82, 2.24) is 15.0 Å². The first-order chi connectivity index (χ1) is 8.25. The van der Waals surface area contributed by atoms with Crippen LogP contribution in [0.15, 0.2) is 4.52 Å². The van der Waals surface area contributed by atoms with Crippen molar-refractivity contribution < 1.29 is 14.4 Å². The van der Waals surface area contributed by atoms with Gasteiger partial charge in [0.05, 0.1) is 0 Å². The smallest absolute Gasteiger partial charge is 0.407 e. The van der Waals surface area contributed by atoms with Crippen LogP contribution in [0.3, 0.4) is 0 Å². The molecule has 0 unspecified atom stereocenters. The van der Waals surface area contributed by atoms with Gasteiger partial charge in [-0.2, -0.15) is 4.98 Å². The maximum Gasteiger partial charge on any atom is 0.407 e. The molecule has 0 bridgehead atoms. The summed E-state index contributed by atoms with van der Waals surface area (Å²) in [7, 11) is 0. The molecule has 7 nitrogen and oxygen atoms in total. The minimum absolute atomic E-state index is 0.268. The van der Waals surface area contributed by atoms with Gasteiger partial charge in [-0.25, -0.2) is 4.79 Å². The molecule has 3 heterocycles. The molecule has 3 rings (SSSR count). The van der Waals surface area contributed by atoms with Crippen molar-refractivity contribution >= 4 is 12.0 Å². The van der Waals surface area contributed by atoms with Gasteiger partial charge in [-0.3, -0.25) is 4.90 Å². The van der Waals surface area contributed by atoms with Crippen molar-refractivity contribution in [3.8, 4) is 0 Å². The third kappa shape index (κ3) is 1.71. The molecule has 0 aliphatic carbocycles. The van der Waals surface area contributed by atoms with E-state index < -0.39 is 6.09 Å². The molecule has 17 heavy (non-hydrogen) atoms. The summed E-state index contributed by atoms with van der Waals surface area (Å²) in [4.78, 5) is 18.7. The van der Waals surface area contributed by atoms with Gasteiger partial charge in [-0.05, 0) is 24.4 Å². The second kappa shape index (κ2) is 3.90. The molecule has 7 heteroatoms. The largest absolute Gasteiger partial charge is 0.465 e. The molecule has 0 spiro atoms. The average molecular weight is 238 g/mol. The second-order valence-corrected chi connectivity index (χ2v) is 4.41. The molecule has 2 aliphatic rings. The lowest BCUT2D eigenvalue weighted by atomic mass is 10.2. The molecule has 1 aromatic rings. The molecule has 1 amide bonds. The summed E-state index contributed by atoms with van der Waals surface area (Å²) in [6.07, 6.45) is 1.83. The van der Waals surface area contributed by atoms with Gasteiger partial charge in [0.15, 0.2) is 0 Å². The molecule has 92 valence electrons. The van der Waals surface area contributed by atoms with Crippen LogP contribution in [0.25, 0.3) is 0 Å². The molecule has 0 radical (unpaired) electrons. The van der Waals surface area contributed by atoms with Crippen LogP contribution < -0.4 is 4.90 Å². The number of aromatic nitrogens is 2. The van der Waals surface area contributed by atoms with E-state index in [0.29, 0.717) is 18.4 Å². The molecular formula is C10H14N4O3. The standard InChI is InChI=1S/C10H14N4O3/c15-10(16)14-6-1-3-7(14)8-11-9(12-17-8)13-4-2-5-13/h7H,1-6H2,(H,15,16)/t7-/m0/s1. The third-order valence-electron chi connectivity index (χ3n) is 3.35. The molecule has 1 N–H and O–H groups in total. The number of rotatable bonds is 2. The van der Waals surface area contributed by atoms with Crippen LogP contribution in [0.5, 0.6) is 0 Å². The normalized spacial score (nSPS) is 23.9. The van der Waals surface area contributed by atoms with Gasteiger partial charge in [0.25, 0.3) is 11.8 Å². The Morgan fingerprint density at radius 1 is 1.35 bits per heavy atom. The average Bonchev–Trinajstić information content (AvgIpc) is 2.79. The van der Waals surface area contributed by atoms with Gasteiger partial charge < -0.3 is 14.5 Å². The van der Waals surface area contributed by atoms with E-state index in [1.54, 1.807) is 0 Å². The molecule has 0 aromatic carbocycles. The minimum atomic E-state index is -0.920. The van der Waals surface area contributed by atoms with Crippen LogP contribution in [0.2, 0.25) is 0 Å². The van der Waals surface area contributed by atoms with Crippen LogP contribution in [0, 0.1) is 0 Å². The lowest BCUT2D eigenvalue weighted by Crippen LogP contribution is -2.37. The Labute approximate surface area is 98.0 Å². The highest BCUT2D eigenvalue weighted by molar-refractivity contribution is 5.65. The quantitative estimate of drug-likeness (QED) is 0.830. The number of amides is 1. The van der Waals surface area contributed by atoms with Crippen molar-refractivity contribution in [3.05, 3.63) is 5.89 Å². The first-order valence-electron chi connectivity index (χ1n) is 5.84. The van der Waals surface area contributed by atoms with Crippen molar-refractivity contribution in [2.75, 3.05) is 24.5 Å². The van der Waals surface area contributed by atoms with Crippen LogP contribution in [-0.4, -0.2) is 45.9 Å². The van der Waals surface area contributed by atoms with Crippen LogP contribution >= 0.6 is 0 Å². The fourth-order valence-electron chi connectivity index (χ4n) is 2.26. The van der Waals surface area contributed by atoms with E-state index in [9.17, 15) is 4.79 Å². The van der Waals surface area contributed by atoms with Crippen molar-refractivity contribution in [2.45, 2.75) is 25.3 Å². The van der Waals surface area contributed by atoms with E-state index in [2.05, 4.69) is 10.1 Å². The molecule has 1 atom stereocenters. The van der Waals surface area contributed by atoms with E-state index in [-0.39, 0.29) is 6.04 Å². The lowest BCUT2D eigenvalue weighted by molar-refractivity contribution is 0.131. The SMILES string of the molecule is O=C(O)N1CCC[C@H]1c1nc(N2CCC2)no1. The number of carboxylic acid groups (broad SMARTS) is 1. The molecule has 0 saturated carbocycles. The Morgan fingerprint density at radius 2 is 2.18 bits per heavy atom. The summed E-state index contributed by atoms with van der Waals surface area (Å²) < 4.78 is 5.18. The number of likely N-dealkylation sites (tertiary alicyclic amines) is 1. The first-order valence-corrected chi connectivity index (χ1v) is 5.84. The number of hydrogen-bond donors (Lipinski definition) is 1. The summed E-state index contributed by atoms with van der Waals surface area (Å²) in [6, 6.07) is -0.268. The minimum Gasteiger partial charge on any atom is -0.465 e. The molecule has 2 aliphatic heterocycles. The van der Waals surface area contributed by atoms with Gasteiger partial charge in [-0.15, -0.1) is 0 Å². The highest BCUT2D eigenvalue weighted by atomic mass is 16.5. The topological polar surface area (TPSA) is 82.7 Å². The van der Waals surface area contributed by atoms with Gasteiger partial charge in [0.2, 0.25) is 0 Å². The Morgan fingerprint density at radius 3 is 2.82 bits per heavy atom. The number of nitrogens with zero attached hydrogens (tertiary/aromatic N) is 4. The molecule has 1 aromatic heterocycles. The van der Waals surface area contributed by atoms with Gasteiger partial charge in [0.1, 0.15) is 6.04 Å². The monoisotopic (exact) mass is 238 g/mol. The molecular weight excluding hydrogens is 224 g/mol. The van der Waals surface area contributed by atoms with Crippen molar-refractivity contribution in [3.63, 3.8) is 0 Å². The highest BCUT2D eigenvalue weighted by Crippen LogP contribution is 2.32. The first kappa shape index (κ1) is 10.4. The van der Waals surface area contributed by atoms with E-state index in [1.807, 2.05) is 4.90 Å². The Hall–Kier alpha value is -1.79. The molecule has 2 saturated heterocycles. The van der Waals surface area contributed by atoms with Gasteiger partial charge in [0, 0.05) is 19.6 Å². The summed E-state index contributed by atoms with van der Waals surface area (Å²) in [5.74, 6) is 1.01. The Kier molecular flexibility index (Phi) is 2.38. The maximum absolute atomic E-state index is 11.0. The summed E-state index contributed by atoms with van der Waals surface area (Å²) in [6.45, 7) is 2.44. The van der Waals surface area contributed by atoms with Crippen LogP contribution in [-0.2, 0) is 0 Å². The fraction of sp³-hybridized carbons (Fsp3) is 0.700. The van der Waals surface area contributed by atoms with Crippen LogP contribution in [0.1, 0.15) is 31.2 Å². The number of anilines is 1. The highest BCUT2D eigenvalue weighted by Gasteiger charge is 2.34. The lowest BCUT2D eigenvalue weighted by Gasteiger charge is -2.28. The fourth-order valence-corrected chi connectivity index (χ4v) is 2.26. The zero-order valence-corrected chi connectivity index (χ0v) is 9.37. The summed E-state index contributed by atoms with van der Waals surface area (Å²) in [5.41, 5.74) is 0. The Bertz CT molecular complexity index is 429. The van der Waals surface area contributed by atoms with E-state index >= 15 is 0 Å². The van der Waals surface area contributed by atoms with Crippen LogP contribution in [0.4, 0.5) is 10.7 Å². The molecule has 2 fully saturated rings. The third-order valence-corrected chi connectivity index (χ3v) is 3.35. The van der Waals surface area contributed by atoms with E-state index in [1.165, 1.54) is 4.90 Å². The van der Waals surface area contributed by atoms with Gasteiger partial charge >= 0.3 is 6.09 Å².